The Morgan fingerprint density at radius 2 is 0.821 bits per heavy atom. The van der Waals surface area contributed by atoms with E-state index < -0.39 is 0 Å². The molecule has 2 nitrogen and oxygen atoms in total. The third-order valence-corrected chi connectivity index (χ3v) is 5.57. The van der Waals surface area contributed by atoms with E-state index >= 15 is 0 Å². The van der Waals surface area contributed by atoms with Crippen LogP contribution in [0.5, 0.6) is 0 Å². The van der Waals surface area contributed by atoms with E-state index in [0.29, 0.717) is 0 Å². The molecule has 0 bridgehead atoms. The number of anilines is 4. The molecule has 0 atom stereocenters. The van der Waals surface area contributed by atoms with Crippen molar-refractivity contribution in [2.45, 2.75) is 0 Å². The average Bonchev–Trinajstić information content (AvgIpc) is 2.76. The van der Waals surface area contributed by atoms with Crippen molar-refractivity contribution in [1.82, 2.24) is 0 Å². The van der Waals surface area contributed by atoms with Crippen molar-refractivity contribution in [2.75, 3.05) is 5.32 Å². The highest BCUT2D eigenvalue weighted by atomic mass is 14.9. The lowest BCUT2D eigenvalue weighted by molar-refractivity contribution is -0.480. The van der Waals surface area contributed by atoms with Gasteiger partial charge in [-0.2, -0.15) is 0 Å². The fourth-order valence-corrected chi connectivity index (χ4v) is 4.36. The van der Waals surface area contributed by atoms with E-state index in [9.17, 15) is 0 Å². The SMILES string of the molecule is c1ccc2c(c1)Nc1ccccc1C2=C1c2ccccc2[NH+]c2ccccc21. The van der Waals surface area contributed by atoms with Crippen LogP contribution in [-0.4, -0.2) is 0 Å². The topological polar surface area (TPSA) is 27.6 Å². The van der Waals surface area contributed by atoms with E-state index in [1.165, 1.54) is 33.4 Å². The van der Waals surface area contributed by atoms with Gasteiger partial charge in [0.15, 0.2) is 11.4 Å². The number of hydrogen-bond donors (Lipinski definition) is 2. The van der Waals surface area contributed by atoms with Crippen molar-refractivity contribution in [1.29, 1.82) is 0 Å². The Morgan fingerprint density at radius 3 is 1.36 bits per heavy atom. The number of rotatable bonds is 0. The van der Waals surface area contributed by atoms with Gasteiger partial charge in [-0.3, -0.25) is 0 Å². The molecule has 6 rings (SSSR count). The monoisotopic (exact) mass is 358 g/mol. The van der Waals surface area contributed by atoms with E-state index in [1.807, 2.05) is 0 Å². The zero-order valence-electron chi connectivity index (χ0n) is 15.2. The second-order valence-electron chi connectivity index (χ2n) is 7.18. The largest absolute Gasteiger partial charge is 0.355 e. The van der Waals surface area contributed by atoms with Gasteiger partial charge in [-0.25, -0.2) is 0 Å². The second kappa shape index (κ2) is 5.95. The molecular formula is C26H18N2+. The number of nitrogens with one attached hydrogen (secondary N) is 2. The van der Waals surface area contributed by atoms with Crippen molar-refractivity contribution in [3.63, 3.8) is 0 Å². The molecule has 0 saturated carbocycles. The summed E-state index contributed by atoms with van der Waals surface area (Å²) in [6.45, 7) is 0. The Morgan fingerprint density at radius 1 is 0.429 bits per heavy atom. The maximum atomic E-state index is 3.61. The zero-order chi connectivity index (χ0) is 18.5. The van der Waals surface area contributed by atoms with Crippen LogP contribution in [0.25, 0.3) is 11.1 Å². The molecule has 0 fully saturated rings. The summed E-state index contributed by atoms with van der Waals surface area (Å²) in [5.74, 6) is 0. The molecule has 0 unspecified atom stereocenters. The van der Waals surface area contributed by atoms with Crippen LogP contribution in [-0.2, 0) is 0 Å². The summed E-state index contributed by atoms with van der Waals surface area (Å²) < 4.78 is 0. The van der Waals surface area contributed by atoms with Gasteiger partial charge in [-0.1, -0.05) is 60.7 Å². The summed E-state index contributed by atoms with van der Waals surface area (Å²) in [6.07, 6.45) is 0. The Labute approximate surface area is 164 Å². The lowest BCUT2D eigenvalue weighted by Gasteiger charge is -2.28. The Bertz CT molecular complexity index is 1070. The van der Waals surface area contributed by atoms with E-state index in [1.54, 1.807) is 0 Å². The zero-order valence-corrected chi connectivity index (χ0v) is 15.2. The highest BCUT2D eigenvalue weighted by molar-refractivity contribution is 6.13. The number of hydrogen-bond acceptors (Lipinski definition) is 2. The van der Waals surface area contributed by atoms with Gasteiger partial charge in [0.25, 0.3) is 0 Å². The predicted molar refractivity (Wildman–Crippen MR) is 114 cm³/mol. The molecule has 131 valence electrons. The maximum absolute atomic E-state index is 3.61. The normalized spacial score (nSPS) is 13.7. The number of fused-ring (bicyclic) bond motifs is 4. The second-order valence-corrected chi connectivity index (χ2v) is 7.18. The predicted octanol–water partition coefficient (Wildman–Crippen LogP) is 5.38. The third kappa shape index (κ3) is 2.19. The van der Waals surface area contributed by atoms with Crippen molar-refractivity contribution >= 4 is 33.9 Å². The molecule has 1 radical (unpaired) electrons. The fourth-order valence-electron chi connectivity index (χ4n) is 4.36. The molecule has 2 heterocycles. The van der Waals surface area contributed by atoms with Crippen molar-refractivity contribution in [3.8, 4) is 0 Å². The van der Waals surface area contributed by atoms with Gasteiger partial charge < -0.3 is 5.32 Å². The quantitative estimate of drug-likeness (QED) is 0.375. The van der Waals surface area contributed by atoms with Crippen LogP contribution < -0.4 is 10.6 Å². The highest BCUT2D eigenvalue weighted by Gasteiger charge is 2.32. The van der Waals surface area contributed by atoms with E-state index in [-0.39, 0.29) is 0 Å². The van der Waals surface area contributed by atoms with E-state index in [0.717, 1.165) is 22.7 Å². The molecule has 0 aliphatic carbocycles. The molecule has 0 spiro atoms. The van der Waals surface area contributed by atoms with Crippen molar-refractivity contribution < 1.29 is 5.32 Å². The standard InChI is InChI=1S/C26H18N2/c1-5-13-21-17(9-1)25(18-10-2-6-14-22(18)27-21)26-19-11-3-7-15-23(19)28-24-16-8-4-12-20(24)26/h1-16,27-28H/q+1. The Kier molecular flexibility index (Phi) is 3.28. The minimum absolute atomic E-state index is 1.15. The summed E-state index contributed by atoms with van der Waals surface area (Å²) in [4.78, 5) is 0. The van der Waals surface area contributed by atoms with Crippen LogP contribution in [0, 0.1) is 0 Å². The van der Waals surface area contributed by atoms with Gasteiger partial charge >= 0.3 is 0 Å². The van der Waals surface area contributed by atoms with Crippen LogP contribution in [0.3, 0.4) is 0 Å². The first kappa shape index (κ1) is 15.4. The molecule has 2 aliphatic heterocycles. The molecule has 0 amide bonds. The average molecular weight is 358 g/mol. The molecule has 28 heavy (non-hydrogen) atoms. The lowest BCUT2D eigenvalue weighted by atomic mass is 9.80. The first-order chi connectivity index (χ1) is 13.9. The third-order valence-electron chi connectivity index (χ3n) is 5.57. The van der Waals surface area contributed by atoms with Crippen LogP contribution in [0.2, 0.25) is 0 Å². The number of para-hydroxylation sites is 4. The summed E-state index contributed by atoms with van der Waals surface area (Å²) in [5.41, 5.74) is 12.1. The van der Waals surface area contributed by atoms with Crippen molar-refractivity contribution in [2.24, 2.45) is 0 Å². The first-order valence-corrected chi connectivity index (χ1v) is 9.56. The smallest absolute Gasteiger partial charge is 0.192 e. The molecule has 4 aromatic rings. The van der Waals surface area contributed by atoms with Crippen LogP contribution in [0.4, 0.5) is 22.7 Å². The summed E-state index contributed by atoms with van der Waals surface area (Å²) in [5, 5.41) is 7.22. The van der Waals surface area contributed by atoms with E-state index in [2.05, 4.69) is 108 Å². The van der Waals surface area contributed by atoms with Gasteiger partial charge in [-0.05, 0) is 24.3 Å². The van der Waals surface area contributed by atoms with Crippen LogP contribution in [0.15, 0.2) is 97.1 Å². The van der Waals surface area contributed by atoms with Crippen LogP contribution >= 0.6 is 0 Å². The van der Waals surface area contributed by atoms with E-state index in [4.69, 9.17) is 0 Å². The minimum Gasteiger partial charge on any atom is -0.355 e. The van der Waals surface area contributed by atoms with Crippen LogP contribution in [0.1, 0.15) is 22.3 Å². The molecular weight excluding hydrogens is 340 g/mol. The van der Waals surface area contributed by atoms with Gasteiger partial charge in [-0.15, -0.1) is 5.32 Å². The molecule has 2 N–H and O–H groups in total. The molecule has 2 heteroatoms. The lowest BCUT2D eigenvalue weighted by Crippen LogP contribution is -2.73. The summed E-state index contributed by atoms with van der Waals surface area (Å²) in [6, 6.07) is 34.3. The van der Waals surface area contributed by atoms with Gasteiger partial charge in [0.05, 0.1) is 0 Å². The van der Waals surface area contributed by atoms with Gasteiger partial charge in [0.2, 0.25) is 0 Å². The maximum Gasteiger partial charge on any atom is 0.192 e. The minimum atomic E-state index is 1.15. The number of benzene rings is 4. The fraction of sp³-hybridized carbons (Fsp3) is 0. The molecule has 4 aromatic carbocycles. The van der Waals surface area contributed by atoms with Gasteiger partial charge in [0, 0.05) is 56.9 Å². The molecule has 0 saturated heterocycles. The Hall–Kier alpha value is -3.62. The molecule has 0 aromatic heterocycles. The molecule has 2 aliphatic rings. The first-order valence-electron chi connectivity index (χ1n) is 9.56. The Balaban J connectivity index is 1.80. The van der Waals surface area contributed by atoms with Crippen molar-refractivity contribution in [3.05, 3.63) is 119 Å². The van der Waals surface area contributed by atoms with Gasteiger partial charge in [0.1, 0.15) is 0 Å². The summed E-state index contributed by atoms with van der Waals surface area (Å²) >= 11 is 0. The highest BCUT2D eigenvalue weighted by Crippen LogP contribution is 2.48. The summed E-state index contributed by atoms with van der Waals surface area (Å²) in [7, 11) is 0.